The molecule has 6 heterocycles. The van der Waals surface area contributed by atoms with Crippen molar-refractivity contribution in [2.75, 3.05) is 43.1 Å². The van der Waals surface area contributed by atoms with E-state index in [1.54, 1.807) is 11.2 Å². The second kappa shape index (κ2) is 14.5. The lowest BCUT2D eigenvalue weighted by atomic mass is 10.0. The van der Waals surface area contributed by atoms with Gasteiger partial charge in [-0.1, -0.05) is 39.7 Å². The number of thioether (sulfide) groups is 1. The van der Waals surface area contributed by atoms with Crippen molar-refractivity contribution in [3.8, 4) is 0 Å². The number of β-lactam (4-membered cyclic amide) rings is 1. The lowest BCUT2D eigenvalue weighted by molar-refractivity contribution is -0.766. The lowest BCUT2D eigenvalue weighted by Gasteiger charge is -2.50. The zero-order valence-electron chi connectivity index (χ0n) is 27.4. The van der Waals surface area contributed by atoms with Crippen molar-refractivity contribution in [3.63, 3.8) is 0 Å². The Morgan fingerprint density at radius 2 is 1.98 bits per heavy atom. The largest absolute Gasteiger partial charge is 0.543 e. The van der Waals surface area contributed by atoms with Gasteiger partial charge in [-0.2, -0.15) is 0 Å². The van der Waals surface area contributed by atoms with Crippen LogP contribution in [0.25, 0.3) is 0 Å². The second-order valence-electron chi connectivity index (χ2n) is 12.3. The molecule has 0 radical (unpaired) electrons. The summed E-state index contributed by atoms with van der Waals surface area (Å²) in [6.45, 7) is 2.78. The van der Waals surface area contributed by atoms with Gasteiger partial charge in [0.05, 0.1) is 24.3 Å². The monoisotopic (exact) mass is 792 g/mol. The van der Waals surface area contributed by atoms with E-state index in [4.69, 9.17) is 33.8 Å². The van der Waals surface area contributed by atoms with E-state index in [9.17, 15) is 24.3 Å². The van der Waals surface area contributed by atoms with Crippen molar-refractivity contribution >= 4 is 86.7 Å². The molecule has 1 aromatic carbocycles. The number of benzene rings is 1. The van der Waals surface area contributed by atoms with Gasteiger partial charge in [-0.3, -0.25) is 24.7 Å². The topological polar surface area (TPSA) is 194 Å². The van der Waals surface area contributed by atoms with E-state index in [0.717, 1.165) is 48.0 Å². The van der Waals surface area contributed by atoms with Gasteiger partial charge in [0, 0.05) is 53.7 Å². The minimum atomic E-state index is -1.53. The molecular formula is C31H31Cl2FN10O6S2. The Morgan fingerprint density at radius 1 is 1.21 bits per heavy atom. The van der Waals surface area contributed by atoms with Gasteiger partial charge in [0.2, 0.25) is 0 Å². The Bertz CT molecular complexity index is 2030. The molecule has 0 bridgehead atoms. The zero-order chi connectivity index (χ0) is 36.8. The molecule has 16 nitrogen and oxygen atoms in total. The van der Waals surface area contributed by atoms with Crippen LogP contribution in [0.2, 0.25) is 9.36 Å². The molecule has 7 rings (SSSR count). The van der Waals surface area contributed by atoms with Crippen LogP contribution in [-0.2, 0) is 38.9 Å². The minimum Gasteiger partial charge on any atom is -0.543 e. The number of nitrogens with zero attached hydrogens (tertiary/aromatic N) is 7. The Labute approximate surface area is 313 Å². The first kappa shape index (κ1) is 36.0. The number of nitrogens with one attached hydrogen (secondary N) is 2. The summed E-state index contributed by atoms with van der Waals surface area (Å²) in [5.74, 6) is -3.00. The molecule has 2 saturated heterocycles. The number of hydrazine groups is 1. The molecule has 274 valence electrons. The molecule has 4 N–H and O–H groups in total. The van der Waals surface area contributed by atoms with Crippen LogP contribution < -0.4 is 31.2 Å². The minimum absolute atomic E-state index is 0.0140. The summed E-state index contributed by atoms with van der Waals surface area (Å²) in [7, 11) is 1.23. The Hall–Kier alpha value is -4.43. The molecule has 0 aliphatic carbocycles. The fourth-order valence-corrected chi connectivity index (χ4v) is 9.18. The SMILES string of the molecule is CO/N=C(\C(=O)N[C@@H]1C(=O)N2C(C(=O)[O-])=C(C[n+]3ccc4n3CCN4Cc3c(F)cc(C(=O)NN4CCCC4)cc3Cl)CS[C@H]12)c1nc(N)sc1Cl. The van der Waals surface area contributed by atoms with Crippen LogP contribution in [0.15, 0.2) is 40.8 Å². The van der Waals surface area contributed by atoms with Crippen molar-refractivity contribution in [1.82, 2.24) is 30.3 Å². The van der Waals surface area contributed by atoms with Crippen LogP contribution in [0.1, 0.15) is 34.5 Å². The number of oxime groups is 1. The highest BCUT2D eigenvalue weighted by Gasteiger charge is 2.53. The van der Waals surface area contributed by atoms with E-state index < -0.39 is 40.9 Å². The predicted octanol–water partition coefficient (Wildman–Crippen LogP) is 0.476. The number of nitrogens with two attached hydrogens (primary N) is 1. The Kier molecular flexibility index (Phi) is 10.0. The van der Waals surface area contributed by atoms with Crippen LogP contribution in [-0.4, -0.2) is 92.9 Å². The molecule has 21 heteroatoms. The zero-order valence-corrected chi connectivity index (χ0v) is 30.6. The number of amides is 3. The van der Waals surface area contributed by atoms with Gasteiger partial charge in [-0.05, 0) is 25.0 Å². The fourth-order valence-electron chi connectivity index (χ4n) is 6.65. The van der Waals surface area contributed by atoms with Gasteiger partial charge in [-0.15, -0.1) is 21.1 Å². The molecule has 0 spiro atoms. The number of rotatable bonds is 11. The summed E-state index contributed by atoms with van der Waals surface area (Å²) in [6, 6.07) is 3.42. The molecule has 4 aliphatic heterocycles. The van der Waals surface area contributed by atoms with Crippen molar-refractivity contribution in [2.45, 2.75) is 43.9 Å². The van der Waals surface area contributed by atoms with Gasteiger partial charge in [-0.25, -0.2) is 14.4 Å². The van der Waals surface area contributed by atoms with Gasteiger partial charge in [0.15, 0.2) is 29.4 Å². The average molecular weight is 794 g/mol. The number of anilines is 2. The third-order valence-electron chi connectivity index (χ3n) is 9.10. The molecular weight excluding hydrogens is 762 g/mol. The Balaban J connectivity index is 1.04. The third-order valence-corrected chi connectivity index (χ3v) is 11.9. The number of thiazole rings is 1. The van der Waals surface area contributed by atoms with Crippen LogP contribution >= 0.6 is 46.3 Å². The maximum Gasteiger partial charge on any atom is 0.276 e. The lowest BCUT2D eigenvalue weighted by Crippen LogP contribution is -2.71. The number of halogens is 3. The molecule has 0 saturated carbocycles. The standard InChI is InChI=1S/C31H31Cl2FN10O6S2/c1-50-39-22(21-25(33)52-31(35)37-21)27(46)36-23-28(47)44-24(30(48)49)16(14-51-29(23)44)12-42-7-4-20-40(8-9-43(20)42)13-17-18(32)10-15(11-19(17)34)26(45)38-41-5-2-3-6-41/h4,7,10-11,23,29H,2-3,5-6,8-9,12-14H2,1H3,(H4-,35,36,37,38,45,46,48,49)/b39-22-/t23-,29-/m1/s1. The molecule has 4 aliphatic rings. The number of aliphatic carboxylic acids is 1. The third kappa shape index (κ3) is 6.66. The number of carboxylic acids is 1. The number of carbonyl (C=O) groups excluding carboxylic acids is 4. The van der Waals surface area contributed by atoms with Crippen LogP contribution in [0.5, 0.6) is 0 Å². The molecule has 0 unspecified atom stereocenters. The first-order valence-electron chi connectivity index (χ1n) is 16.1. The van der Waals surface area contributed by atoms with E-state index in [1.165, 1.54) is 31.0 Å². The average Bonchev–Trinajstić information content (AvgIpc) is 3.91. The maximum atomic E-state index is 15.4. The van der Waals surface area contributed by atoms with Crippen molar-refractivity contribution in [3.05, 3.63) is 67.7 Å². The molecule has 2 fully saturated rings. The molecule has 52 heavy (non-hydrogen) atoms. The normalized spacial score (nSPS) is 20.2. The summed E-state index contributed by atoms with van der Waals surface area (Å²) < 4.78 is 19.2. The number of carbonyl (C=O) groups is 4. The summed E-state index contributed by atoms with van der Waals surface area (Å²) in [5, 5.41) is 20.1. The van der Waals surface area contributed by atoms with Gasteiger partial charge in [0.25, 0.3) is 17.7 Å². The summed E-state index contributed by atoms with van der Waals surface area (Å²) in [5.41, 5.74) is 8.74. The summed E-state index contributed by atoms with van der Waals surface area (Å²) in [4.78, 5) is 63.5. The van der Waals surface area contributed by atoms with E-state index >= 15 is 4.39 Å². The Morgan fingerprint density at radius 3 is 2.65 bits per heavy atom. The van der Waals surface area contributed by atoms with E-state index in [0.29, 0.717) is 18.7 Å². The summed E-state index contributed by atoms with van der Waals surface area (Å²) in [6.07, 6.45) is 3.74. The highest BCUT2D eigenvalue weighted by molar-refractivity contribution is 8.00. The number of nitrogen functional groups attached to an aromatic ring is 1. The number of aromatic nitrogens is 3. The van der Waals surface area contributed by atoms with E-state index in [1.807, 2.05) is 20.3 Å². The first-order chi connectivity index (χ1) is 24.9. The highest BCUT2D eigenvalue weighted by Crippen LogP contribution is 2.40. The van der Waals surface area contributed by atoms with Crippen molar-refractivity contribution in [1.29, 1.82) is 0 Å². The van der Waals surface area contributed by atoms with Gasteiger partial charge in [0.1, 0.15) is 34.4 Å². The maximum absolute atomic E-state index is 15.4. The van der Waals surface area contributed by atoms with E-state index in [-0.39, 0.29) is 61.6 Å². The van der Waals surface area contributed by atoms with E-state index in [2.05, 4.69) is 20.9 Å². The molecule has 3 amide bonds. The predicted molar refractivity (Wildman–Crippen MR) is 187 cm³/mol. The summed E-state index contributed by atoms with van der Waals surface area (Å²) >= 11 is 14.9. The van der Waals surface area contributed by atoms with Gasteiger partial charge < -0.3 is 30.7 Å². The number of hydrogen-bond acceptors (Lipinski definition) is 13. The molecule has 3 aromatic rings. The fraction of sp³-hybridized carbons (Fsp3) is 0.387. The molecule has 2 atom stereocenters. The van der Waals surface area contributed by atoms with Crippen LogP contribution in [0.3, 0.4) is 0 Å². The highest BCUT2D eigenvalue weighted by atomic mass is 35.5. The van der Waals surface area contributed by atoms with Crippen molar-refractivity contribution < 1.29 is 38.2 Å². The van der Waals surface area contributed by atoms with Crippen LogP contribution in [0.4, 0.5) is 15.3 Å². The van der Waals surface area contributed by atoms with Gasteiger partial charge >= 0.3 is 0 Å². The first-order valence-corrected chi connectivity index (χ1v) is 18.7. The second-order valence-corrected chi connectivity index (χ2v) is 15.4. The quantitative estimate of drug-likeness (QED) is 0.106. The number of fused-ring (bicyclic) bond motifs is 2. The molecule has 2 aromatic heterocycles. The number of carboxylic acid groups (broad SMARTS) is 1. The number of hydrogen-bond donors (Lipinski definition) is 3. The van der Waals surface area contributed by atoms with Crippen molar-refractivity contribution in [2.24, 2.45) is 5.16 Å². The van der Waals surface area contributed by atoms with Crippen LogP contribution in [0, 0.1) is 5.82 Å². The smallest absolute Gasteiger partial charge is 0.276 e.